The summed E-state index contributed by atoms with van der Waals surface area (Å²) in [6.45, 7) is 0. The predicted octanol–water partition coefficient (Wildman–Crippen LogP) is 5.10. The molecule has 1 N–H and O–H groups in total. The van der Waals surface area contributed by atoms with E-state index in [0.717, 1.165) is 17.7 Å². The van der Waals surface area contributed by atoms with E-state index < -0.39 is 11.7 Å². The highest BCUT2D eigenvalue weighted by Crippen LogP contribution is 2.31. The molecule has 0 bridgehead atoms. The quantitative estimate of drug-likeness (QED) is 0.482. The van der Waals surface area contributed by atoms with Crippen LogP contribution in [-0.2, 0) is 11.9 Å². The number of carbonyl (C=O) groups is 1. The number of benzene rings is 2. The predicted molar refractivity (Wildman–Crippen MR) is 95.3 cm³/mol. The molecule has 134 valence electrons. The van der Waals surface area contributed by atoms with E-state index in [0.29, 0.717) is 20.8 Å². The van der Waals surface area contributed by atoms with Crippen LogP contribution in [0, 0.1) is 0 Å². The van der Waals surface area contributed by atoms with Crippen LogP contribution in [0.1, 0.15) is 21.5 Å². The zero-order valence-electron chi connectivity index (χ0n) is 13.2. The lowest BCUT2D eigenvalue weighted by molar-refractivity contribution is -0.137. The lowest BCUT2D eigenvalue weighted by Crippen LogP contribution is -2.11. The van der Waals surface area contributed by atoms with Crippen molar-refractivity contribution in [3.05, 3.63) is 71.3 Å². The van der Waals surface area contributed by atoms with Crippen LogP contribution in [0.25, 0.3) is 0 Å². The highest BCUT2D eigenvalue weighted by Gasteiger charge is 2.29. The molecule has 0 aliphatic rings. The second-order valence-corrected chi connectivity index (χ2v) is 7.38. The molecule has 0 radical (unpaired) electrons. The van der Waals surface area contributed by atoms with E-state index in [1.807, 2.05) is 6.07 Å². The number of hydrogen-bond acceptors (Lipinski definition) is 5. The van der Waals surface area contributed by atoms with Gasteiger partial charge in [0.2, 0.25) is 5.13 Å². The first kappa shape index (κ1) is 18.4. The topological polar surface area (TPSA) is 54.9 Å². The van der Waals surface area contributed by atoms with E-state index in [9.17, 15) is 18.0 Å². The highest BCUT2D eigenvalue weighted by molar-refractivity contribution is 8.00. The van der Waals surface area contributed by atoms with E-state index in [1.54, 1.807) is 24.3 Å². The zero-order valence-corrected chi connectivity index (χ0v) is 14.8. The second-order valence-electron chi connectivity index (χ2n) is 5.18. The second kappa shape index (κ2) is 7.88. The molecule has 0 aliphatic heterocycles. The van der Waals surface area contributed by atoms with Crippen molar-refractivity contribution in [1.29, 1.82) is 0 Å². The van der Waals surface area contributed by atoms with Crippen molar-refractivity contribution < 1.29 is 18.0 Å². The Bertz CT molecular complexity index is 880. The summed E-state index contributed by atoms with van der Waals surface area (Å²) < 4.78 is 38.2. The number of nitrogens with one attached hydrogen (secondary N) is 1. The first-order chi connectivity index (χ1) is 12.4. The van der Waals surface area contributed by atoms with Gasteiger partial charge in [-0.3, -0.25) is 10.1 Å². The largest absolute Gasteiger partial charge is 0.416 e. The van der Waals surface area contributed by atoms with Gasteiger partial charge < -0.3 is 0 Å². The van der Waals surface area contributed by atoms with Crippen molar-refractivity contribution >= 4 is 34.1 Å². The van der Waals surface area contributed by atoms with Gasteiger partial charge in [-0.25, -0.2) is 0 Å². The lowest BCUT2D eigenvalue weighted by Gasteiger charge is -2.06. The number of amides is 1. The summed E-state index contributed by atoms with van der Waals surface area (Å²) in [6, 6.07) is 13.7. The minimum absolute atomic E-state index is 0.277. The molecule has 1 amide bonds. The summed E-state index contributed by atoms with van der Waals surface area (Å²) in [4.78, 5) is 12.0. The van der Waals surface area contributed by atoms with Gasteiger partial charge in [-0.2, -0.15) is 13.2 Å². The zero-order chi connectivity index (χ0) is 18.6. The van der Waals surface area contributed by atoms with Gasteiger partial charge in [0.1, 0.15) is 0 Å². The number of carbonyl (C=O) groups excluding carboxylic acids is 1. The molecule has 9 heteroatoms. The van der Waals surface area contributed by atoms with Crippen LogP contribution in [0.15, 0.2) is 58.9 Å². The molecule has 0 spiro atoms. The number of anilines is 1. The maximum absolute atomic E-state index is 12.5. The van der Waals surface area contributed by atoms with Gasteiger partial charge in [0.25, 0.3) is 5.91 Å². The van der Waals surface area contributed by atoms with E-state index in [2.05, 4.69) is 15.5 Å². The minimum atomic E-state index is -4.34. The monoisotopic (exact) mass is 395 g/mol. The number of alkyl halides is 3. The van der Waals surface area contributed by atoms with Gasteiger partial charge in [-0.15, -0.1) is 10.2 Å². The smallest absolute Gasteiger partial charge is 0.296 e. The van der Waals surface area contributed by atoms with Crippen LogP contribution in [0.4, 0.5) is 18.3 Å². The van der Waals surface area contributed by atoms with E-state index in [-0.39, 0.29) is 5.91 Å². The summed E-state index contributed by atoms with van der Waals surface area (Å²) in [7, 11) is 0. The summed E-state index contributed by atoms with van der Waals surface area (Å²) in [6.07, 6.45) is -4.34. The van der Waals surface area contributed by atoms with Gasteiger partial charge in [0.15, 0.2) is 4.34 Å². The van der Waals surface area contributed by atoms with Crippen molar-refractivity contribution in [3.8, 4) is 0 Å². The molecule has 3 rings (SSSR count). The maximum atomic E-state index is 12.5. The Labute approximate surface area is 155 Å². The molecule has 0 fully saturated rings. The Morgan fingerprint density at radius 3 is 2.38 bits per heavy atom. The number of rotatable bonds is 5. The SMILES string of the molecule is O=C(Nc1nnc(SCc2ccc(C(F)(F)F)cc2)s1)c1ccccc1. The summed E-state index contributed by atoms with van der Waals surface area (Å²) >= 11 is 2.55. The average molecular weight is 395 g/mol. The van der Waals surface area contributed by atoms with Crippen LogP contribution in [0.3, 0.4) is 0 Å². The lowest BCUT2D eigenvalue weighted by atomic mass is 10.1. The number of thioether (sulfide) groups is 1. The first-order valence-corrected chi connectivity index (χ1v) is 9.21. The van der Waals surface area contributed by atoms with Gasteiger partial charge in [0, 0.05) is 11.3 Å². The molecule has 0 atom stereocenters. The van der Waals surface area contributed by atoms with Crippen LogP contribution >= 0.6 is 23.1 Å². The van der Waals surface area contributed by atoms with Crippen molar-refractivity contribution in [2.24, 2.45) is 0 Å². The van der Waals surface area contributed by atoms with Crippen molar-refractivity contribution in [1.82, 2.24) is 10.2 Å². The van der Waals surface area contributed by atoms with Crippen LogP contribution in [0.2, 0.25) is 0 Å². The van der Waals surface area contributed by atoms with Crippen molar-refractivity contribution in [3.63, 3.8) is 0 Å². The molecule has 0 unspecified atom stereocenters. The molecule has 2 aromatic carbocycles. The Hall–Kier alpha value is -2.39. The number of nitrogens with zero attached hydrogens (tertiary/aromatic N) is 2. The van der Waals surface area contributed by atoms with Gasteiger partial charge in [-0.1, -0.05) is 53.4 Å². The molecule has 1 aromatic heterocycles. The highest BCUT2D eigenvalue weighted by atomic mass is 32.2. The van der Waals surface area contributed by atoms with E-state index in [4.69, 9.17) is 0 Å². The van der Waals surface area contributed by atoms with Crippen LogP contribution in [0.5, 0.6) is 0 Å². The minimum Gasteiger partial charge on any atom is -0.296 e. The molecule has 0 saturated carbocycles. The van der Waals surface area contributed by atoms with Gasteiger partial charge in [-0.05, 0) is 29.8 Å². The number of halogens is 3. The Balaban J connectivity index is 1.56. The molecule has 0 aliphatic carbocycles. The number of aromatic nitrogens is 2. The van der Waals surface area contributed by atoms with Gasteiger partial charge >= 0.3 is 6.18 Å². The molecular weight excluding hydrogens is 383 g/mol. The molecular formula is C17H12F3N3OS2. The van der Waals surface area contributed by atoms with Crippen LogP contribution < -0.4 is 5.32 Å². The van der Waals surface area contributed by atoms with Crippen molar-refractivity contribution in [2.45, 2.75) is 16.3 Å². The third-order valence-corrected chi connectivity index (χ3v) is 5.35. The normalized spacial score (nSPS) is 11.3. The Morgan fingerprint density at radius 1 is 1.04 bits per heavy atom. The molecule has 26 heavy (non-hydrogen) atoms. The summed E-state index contributed by atoms with van der Waals surface area (Å²) in [5.41, 5.74) is 0.586. The maximum Gasteiger partial charge on any atom is 0.416 e. The van der Waals surface area contributed by atoms with Crippen molar-refractivity contribution in [2.75, 3.05) is 5.32 Å². The Kier molecular flexibility index (Phi) is 5.58. The third-order valence-electron chi connectivity index (χ3n) is 3.31. The van der Waals surface area contributed by atoms with Gasteiger partial charge in [0.05, 0.1) is 5.56 Å². The fourth-order valence-corrected chi connectivity index (χ4v) is 3.72. The van der Waals surface area contributed by atoms with E-state index in [1.165, 1.54) is 35.2 Å². The standard InChI is InChI=1S/C17H12F3N3OS2/c18-17(19,20)13-8-6-11(7-9-13)10-25-16-23-22-15(26-16)21-14(24)12-4-2-1-3-5-12/h1-9H,10H2,(H,21,22,24). The third kappa shape index (κ3) is 4.83. The molecule has 4 nitrogen and oxygen atoms in total. The average Bonchev–Trinajstić information content (AvgIpc) is 3.08. The first-order valence-electron chi connectivity index (χ1n) is 7.40. The Morgan fingerprint density at radius 2 is 1.73 bits per heavy atom. The molecule has 0 saturated heterocycles. The summed E-state index contributed by atoms with van der Waals surface area (Å²) in [5.74, 6) is 0.181. The van der Waals surface area contributed by atoms with Crippen LogP contribution in [-0.4, -0.2) is 16.1 Å². The summed E-state index contributed by atoms with van der Waals surface area (Å²) in [5, 5.41) is 10.9. The fourth-order valence-electron chi connectivity index (χ4n) is 2.01. The number of hydrogen-bond donors (Lipinski definition) is 1. The van der Waals surface area contributed by atoms with E-state index >= 15 is 0 Å². The fraction of sp³-hybridized carbons (Fsp3) is 0.118. The molecule has 3 aromatic rings. The molecule has 1 heterocycles.